The number of carbonyl (C=O) groups excluding carboxylic acids is 2. The number of nitrogens with zero attached hydrogens (tertiary/aromatic N) is 5. The van der Waals surface area contributed by atoms with E-state index in [-0.39, 0.29) is 29.9 Å². The van der Waals surface area contributed by atoms with Crippen LogP contribution in [0.15, 0.2) is 18.2 Å². The van der Waals surface area contributed by atoms with Crippen molar-refractivity contribution < 1.29 is 31.5 Å². The maximum absolute atomic E-state index is 14.2. The van der Waals surface area contributed by atoms with E-state index >= 15 is 0 Å². The number of ether oxygens (including phenoxy) is 1. The van der Waals surface area contributed by atoms with Gasteiger partial charge in [-0.05, 0) is 89.0 Å². The van der Waals surface area contributed by atoms with Crippen LogP contribution in [0.5, 0.6) is 0 Å². The van der Waals surface area contributed by atoms with Gasteiger partial charge in [0.2, 0.25) is 15.9 Å². The molecule has 13 heteroatoms. The molecule has 3 aliphatic rings. The number of piperidine rings is 2. The average molecular weight is 656 g/mol. The first-order valence-electron chi connectivity index (χ1n) is 16.2. The van der Waals surface area contributed by atoms with E-state index in [9.17, 15) is 26.8 Å². The maximum atomic E-state index is 14.2. The summed E-state index contributed by atoms with van der Waals surface area (Å²) in [6.07, 6.45) is 4.63. The second-order valence-electron chi connectivity index (χ2n) is 13.9. The second kappa shape index (κ2) is 15.0. The SMILES string of the molecule is CN(C(=O)CN1CCN(C(=O)OC(C)(C)C)CC1)C1CCN(CC[C@@H](c2cc(F)cc(F)c2)C2CCN(S(C)(=O)=O)CC2)CC1. The number of halogens is 2. The highest BCUT2D eigenvalue weighted by molar-refractivity contribution is 7.88. The number of sulfonamides is 1. The van der Waals surface area contributed by atoms with Crippen molar-refractivity contribution in [1.29, 1.82) is 0 Å². The Kier molecular flexibility index (Phi) is 11.9. The molecule has 0 N–H and O–H groups in total. The van der Waals surface area contributed by atoms with E-state index < -0.39 is 27.3 Å². The lowest BCUT2D eigenvalue weighted by Gasteiger charge is -2.40. The number of likely N-dealkylation sites (tertiary alicyclic amines) is 1. The predicted octanol–water partition coefficient (Wildman–Crippen LogP) is 3.59. The Balaban J connectivity index is 1.25. The third-order valence-electron chi connectivity index (χ3n) is 9.49. The van der Waals surface area contributed by atoms with Gasteiger partial charge in [0.15, 0.2) is 0 Å². The highest BCUT2D eigenvalue weighted by Gasteiger charge is 2.33. The molecule has 0 radical (unpaired) electrons. The van der Waals surface area contributed by atoms with Crippen LogP contribution in [0.4, 0.5) is 13.6 Å². The van der Waals surface area contributed by atoms with Crippen molar-refractivity contribution in [3.05, 3.63) is 35.4 Å². The molecule has 0 saturated carbocycles. The Morgan fingerprint density at radius 2 is 1.49 bits per heavy atom. The molecule has 0 spiro atoms. The van der Waals surface area contributed by atoms with Crippen molar-refractivity contribution in [1.82, 2.24) is 23.9 Å². The topological polar surface area (TPSA) is 93.7 Å². The number of hydrogen-bond acceptors (Lipinski definition) is 7. The van der Waals surface area contributed by atoms with Crippen LogP contribution in [0.1, 0.15) is 64.4 Å². The Morgan fingerprint density at radius 3 is 2.02 bits per heavy atom. The summed E-state index contributed by atoms with van der Waals surface area (Å²) in [6, 6.07) is 3.87. The van der Waals surface area contributed by atoms with Crippen LogP contribution < -0.4 is 0 Å². The summed E-state index contributed by atoms with van der Waals surface area (Å²) in [4.78, 5) is 33.5. The zero-order chi connectivity index (χ0) is 32.9. The largest absolute Gasteiger partial charge is 0.444 e. The van der Waals surface area contributed by atoms with E-state index in [1.807, 2.05) is 32.7 Å². The number of hydrogen-bond donors (Lipinski definition) is 0. The fraction of sp³-hybridized carbons (Fsp3) is 0.750. The van der Waals surface area contributed by atoms with Crippen molar-refractivity contribution >= 4 is 22.0 Å². The van der Waals surface area contributed by atoms with Gasteiger partial charge in [0.1, 0.15) is 17.2 Å². The number of benzene rings is 1. The Morgan fingerprint density at radius 1 is 0.911 bits per heavy atom. The van der Waals surface area contributed by atoms with E-state index in [0.717, 1.165) is 45.0 Å². The van der Waals surface area contributed by atoms with Gasteiger partial charge in [-0.3, -0.25) is 9.69 Å². The van der Waals surface area contributed by atoms with E-state index in [4.69, 9.17) is 4.74 Å². The molecule has 0 unspecified atom stereocenters. The third kappa shape index (κ3) is 10.3. The number of likely N-dealkylation sites (N-methyl/N-ethyl adjacent to an activating group) is 1. The molecular weight excluding hydrogens is 604 g/mol. The minimum atomic E-state index is -3.26. The van der Waals surface area contributed by atoms with Crippen LogP contribution >= 0.6 is 0 Å². The quantitative estimate of drug-likeness (QED) is 0.402. The predicted molar refractivity (Wildman–Crippen MR) is 169 cm³/mol. The van der Waals surface area contributed by atoms with Gasteiger partial charge in [-0.2, -0.15) is 0 Å². The highest BCUT2D eigenvalue weighted by atomic mass is 32.2. The van der Waals surface area contributed by atoms with Gasteiger partial charge in [0.25, 0.3) is 0 Å². The lowest BCUT2D eigenvalue weighted by atomic mass is 9.78. The Hall–Kier alpha value is -2.35. The summed E-state index contributed by atoms with van der Waals surface area (Å²) in [5, 5.41) is 0. The number of carbonyl (C=O) groups is 2. The zero-order valence-corrected chi connectivity index (χ0v) is 28.3. The smallest absolute Gasteiger partial charge is 0.410 e. The van der Waals surface area contributed by atoms with Gasteiger partial charge < -0.3 is 19.4 Å². The van der Waals surface area contributed by atoms with Crippen LogP contribution in [0.25, 0.3) is 0 Å². The first-order valence-corrected chi connectivity index (χ1v) is 18.0. The standard InChI is InChI=1S/C32H51F2N5O5S/c1-32(2,3)44-31(41)38-18-16-37(17-19-38)23-30(40)35(4)28-8-11-36(12-9-28)13-10-29(25-20-26(33)22-27(34)21-25)24-6-14-39(15-7-24)45(5,42)43/h20-22,24,28-29H,6-19,23H2,1-5H3/t29-/m1/s1. The Labute approximate surface area is 267 Å². The summed E-state index contributed by atoms with van der Waals surface area (Å²) in [5.74, 6) is -1.05. The van der Waals surface area contributed by atoms with Gasteiger partial charge in [-0.1, -0.05) is 0 Å². The lowest BCUT2D eigenvalue weighted by molar-refractivity contribution is -0.134. The zero-order valence-electron chi connectivity index (χ0n) is 27.5. The second-order valence-corrected chi connectivity index (χ2v) is 15.9. The molecule has 1 aromatic carbocycles. The molecule has 3 saturated heterocycles. The summed E-state index contributed by atoms with van der Waals surface area (Å²) in [7, 11) is -1.39. The maximum Gasteiger partial charge on any atom is 0.410 e. The summed E-state index contributed by atoms with van der Waals surface area (Å²) < 4.78 is 59.4. The summed E-state index contributed by atoms with van der Waals surface area (Å²) in [6.45, 7) is 11.4. The molecule has 1 aromatic rings. The van der Waals surface area contributed by atoms with Crippen LogP contribution in [0, 0.1) is 17.6 Å². The minimum absolute atomic E-state index is 0.0744. The van der Waals surface area contributed by atoms with Crippen molar-refractivity contribution in [2.45, 2.75) is 70.4 Å². The monoisotopic (exact) mass is 655 g/mol. The van der Waals surface area contributed by atoms with Gasteiger partial charge >= 0.3 is 6.09 Å². The molecule has 0 aliphatic carbocycles. The molecule has 0 bridgehead atoms. The van der Waals surface area contributed by atoms with Crippen molar-refractivity contribution in [2.24, 2.45) is 5.92 Å². The fourth-order valence-corrected chi connectivity index (χ4v) is 7.72. The van der Waals surface area contributed by atoms with Crippen molar-refractivity contribution in [3.63, 3.8) is 0 Å². The Bertz CT molecular complexity index is 1250. The van der Waals surface area contributed by atoms with Gasteiger partial charge in [0, 0.05) is 71.5 Å². The normalized spacial score (nSPS) is 21.1. The van der Waals surface area contributed by atoms with E-state index in [1.54, 1.807) is 4.90 Å². The fourth-order valence-electron chi connectivity index (χ4n) is 6.85. The van der Waals surface area contributed by atoms with Crippen LogP contribution in [0.2, 0.25) is 0 Å². The minimum Gasteiger partial charge on any atom is -0.444 e. The first-order chi connectivity index (χ1) is 21.1. The molecule has 254 valence electrons. The van der Waals surface area contributed by atoms with Gasteiger partial charge in [0.05, 0.1) is 12.8 Å². The molecule has 1 atom stereocenters. The molecule has 0 aromatic heterocycles. The molecule has 3 fully saturated rings. The van der Waals surface area contributed by atoms with Crippen molar-refractivity contribution in [2.75, 3.05) is 78.8 Å². The number of piperazine rings is 1. The summed E-state index contributed by atoms with van der Waals surface area (Å²) >= 11 is 0. The lowest BCUT2D eigenvalue weighted by Crippen LogP contribution is -2.53. The van der Waals surface area contributed by atoms with Crippen LogP contribution in [-0.4, -0.2) is 135 Å². The van der Waals surface area contributed by atoms with Crippen molar-refractivity contribution in [3.8, 4) is 0 Å². The molecule has 4 rings (SSSR count). The molecule has 45 heavy (non-hydrogen) atoms. The van der Waals surface area contributed by atoms with Crippen LogP contribution in [-0.2, 0) is 19.6 Å². The highest BCUT2D eigenvalue weighted by Crippen LogP contribution is 2.37. The molecule has 3 heterocycles. The molecule has 2 amide bonds. The molecule has 3 aliphatic heterocycles. The van der Waals surface area contributed by atoms with Gasteiger partial charge in [-0.15, -0.1) is 0 Å². The van der Waals surface area contributed by atoms with Crippen LogP contribution in [0.3, 0.4) is 0 Å². The molecule has 10 nitrogen and oxygen atoms in total. The summed E-state index contributed by atoms with van der Waals surface area (Å²) in [5.41, 5.74) is 0.0993. The average Bonchev–Trinajstić information content (AvgIpc) is 2.96. The van der Waals surface area contributed by atoms with E-state index in [0.29, 0.717) is 64.2 Å². The van der Waals surface area contributed by atoms with E-state index in [2.05, 4.69) is 9.80 Å². The number of rotatable bonds is 9. The first kappa shape index (κ1) is 35.5. The molecular formula is C32H51F2N5O5S. The third-order valence-corrected chi connectivity index (χ3v) is 10.8. The number of amides is 2. The van der Waals surface area contributed by atoms with E-state index in [1.165, 1.54) is 22.7 Å². The van der Waals surface area contributed by atoms with Gasteiger partial charge in [-0.25, -0.2) is 26.3 Å².